The third-order valence-electron chi connectivity index (χ3n) is 6.98. The molecule has 0 radical (unpaired) electrons. The summed E-state index contributed by atoms with van der Waals surface area (Å²) in [5.41, 5.74) is 0. The molecule has 2 unspecified atom stereocenters. The Labute approximate surface area is 267 Å². The predicted molar refractivity (Wildman–Crippen MR) is 178 cm³/mol. The van der Waals surface area contributed by atoms with Gasteiger partial charge in [0, 0.05) is 19.3 Å². The lowest BCUT2D eigenvalue weighted by Gasteiger charge is -2.31. The Bertz CT molecular complexity index is 870. The van der Waals surface area contributed by atoms with Crippen molar-refractivity contribution >= 4 is 17.9 Å². The molecule has 0 aromatic heterocycles. The molecule has 8 nitrogen and oxygen atoms in total. The Hall–Kier alpha value is -2.71. The van der Waals surface area contributed by atoms with E-state index in [9.17, 15) is 19.5 Å². The van der Waals surface area contributed by atoms with Crippen molar-refractivity contribution in [1.29, 1.82) is 0 Å². The van der Waals surface area contributed by atoms with Crippen LogP contribution in [0.3, 0.4) is 0 Å². The number of ether oxygens (including phenoxy) is 3. The van der Waals surface area contributed by atoms with Gasteiger partial charge in [0.1, 0.15) is 6.61 Å². The fourth-order valence-electron chi connectivity index (χ4n) is 4.35. The number of rotatable bonds is 28. The summed E-state index contributed by atoms with van der Waals surface area (Å²) >= 11 is 0. The van der Waals surface area contributed by atoms with Crippen LogP contribution in [0.15, 0.2) is 48.6 Å². The predicted octanol–water partition coefficient (Wildman–Crippen LogP) is 7.73. The van der Waals surface area contributed by atoms with Gasteiger partial charge in [-0.3, -0.25) is 9.59 Å². The first kappa shape index (κ1) is 41.3. The molecule has 0 heterocycles. The normalized spacial score (nSPS) is 13.8. The van der Waals surface area contributed by atoms with Crippen molar-refractivity contribution in [1.82, 2.24) is 0 Å². The number of quaternary nitrogens is 1. The summed E-state index contributed by atoms with van der Waals surface area (Å²) in [4.78, 5) is 36.5. The SMILES string of the molecule is CC/C=C/C/C=C/C/C=C/CCCCC(=O)OCC(COCCC(C(=O)O)[N+](C)(C)C)OC(=O)CC/C=C/CCCCCC. The number of nitrogens with zero attached hydrogens (tertiary/aromatic N) is 1. The molecule has 0 spiro atoms. The Morgan fingerprint density at radius 3 is 1.95 bits per heavy atom. The summed E-state index contributed by atoms with van der Waals surface area (Å²) in [5, 5.41) is 9.53. The first-order valence-electron chi connectivity index (χ1n) is 16.7. The number of esters is 2. The highest BCUT2D eigenvalue weighted by molar-refractivity contribution is 5.72. The smallest absolute Gasteiger partial charge is 0.362 e. The second-order valence-corrected chi connectivity index (χ2v) is 12.0. The van der Waals surface area contributed by atoms with Crippen LogP contribution in [-0.2, 0) is 28.6 Å². The maximum atomic E-state index is 12.5. The second kappa shape index (κ2) is 27.8. The van der Waals surface area contributed by atoms with Crippen molar-refractivity contribution in [3.8, 4) is 0 Å². The van der Waals surface area contributed by atoms with Gasteiger partial charge in [-0.25, -0.2) is 4.79 Å². The van der Waals surface area contributed by atoms with Crippen LogP contribution in [0, 0.1) is 0 Å². The average Bonchev–Trinajstić information content (AvgIpc) is 2.96. The molecule has 0 aliphatic rings. The molecule has 0 saturated heterocycles. The maximum absolute atomic E-state index is 12.5. The summed E-state index contributed by atoms with van der Waals surface area (Å²) < 4.78 is 17.0. The largest absolute Gasteiger partial charge is 0.477 e. The first-order chi connectivity index (χ1) is 21.1. The van der Waals surface area contributed by atoms with Gasteiger partial charge in [-0.15, -0.1) is 0 Å². The molecule has 0 aliphatic heterocycles. The Morgan fingerprint density at radius 2 is 1.32 bits per heavy atom. The minimum atomic E-state index is -0.890. The molecule has 0 amide bonds. The lowest BCUT2D eigenvalue weighted by atomic mass is 10.1. The fraction of sp³-hybridized carbons (Fsp3) is 0.694. The third kappa shape index (κ3) is 25.8. The number of hydrogen-bond acceptors (Lipinski definition) is 6. The van der Waals surface area contributed by atoms with E-state index < -0.39 is 18.1 Å². The van der Waals surface area contributed by atoms with E-state index in [1.807, 2.05) is 27.2 Å². The van der Waals surface area contributed by atoms with Crippen LogP contribution in [-0.4, -0.2) is 80.6 Å². The highest BCUT2D eigenvalue weighted by Gasteiger charge is 2.31. The molecule has 0 aromatic carbocycles. The van der Waals surface area contributed by atoms with Crippen LogP contribution in [0.5, 0.6) is 0 Å². The van der Waals surface area contributed by atoms with E-state index in [0.717, 1.165) is 44.9 Å². The number of allylic oxidation sites excluding steroid dienone is 8. The quantitative estimate of drug-likeness (QED) is 0.0413. The van der Waals surface area contributed by atoms with Gasteiger partial charge in [0.15, 0.2) is 12.1 Å². The van der Waals surface area contributed by atoms with Crippen LogP contribution in [0.4, 0.5) is 0 Å². The van der Waals surface area contributed by atoms with Crippen molar-refractivity contribution in [2.45, 2.75) is 122 Å². The Balaban J connectivity index is 4.59. The van der Waals surface area contributed by atoms with Gasteiger partial charge in [-0.05, 0) is 57.8 Å². The molecular formula is C36H62NO7+. The summed E-state index contributed by atoms with van der Waals surface area (Å²) in [5.74, 6) is -1.60. The fourth-order valence-corrected chi connectivity index (χ4v) is 4.35. The van der Waals surface area contributed by atoms with Gasteiger partial charge >= 0.3 is 17.9 Å². The highest BCUT2D eigenvalue weighted by atomic mass is 16.6. The zero-order valence-electron chi connectivity index (χ0n) is 28.3. The molecule has 1 N–H and O–H groups in total. The van der Waals surface area contributed by atoms with E-state index in [2.05, 4.69) is 56.4 Å². The minimum absolute atomic E-state index is 0.0316. The van der Waals surface area contributed by atoms with Gasteiger partial charge in [0.05, 0.1) is 34.4 Å². The molecule has 0 saturated carbocycles. The standard InChI is InChI=1S/C36H61NO7/c1-6-8-10-12-14-16-17-18-19-21-22-24-26-34(38)43-31-32(30-42-29-28-33(36(40)41)37(3,4)5)44-35(39)27-25-23-20-15-13-11-9-7-2/h8,10,14,16,18-20,23,32-33H,6-7,9,11-13,15,17,21-22,24-31H2,1-5H3/p+1/b10-8+,16-14+,19-18+,23-20+. The van der Waals surface area contributed by atoms with Crippen molar-refractivity contribution in [3.05, 3.63) is 48.6 Å². The van der Waals surface area contributed by atoms with Gasteiger partial charge in [-0.2, -0.15) is 0 Å². The van der Waals surface area contributed by atoms with Crippen LogP contribution < -0.4 is 0 Å². The molecule has 252 valence electrons. The Morgan fingerprint density at radius 1 is 0.705 bits per heavy atom. The number of carboxylic acids is 1. The zero-order valence-corrected chi connectivity index (χ0v) is 28.3. The molecule has 0 aliphatic carbocycles. The zero-order chi connectivity index (χ0) is 32.9. The number of carbonyl (C=O) groups is 3. The summed E-state index contributed by atoms with van der Waals surface area (Å²) in [6.07, 6.45) is 29.0. The van der Waals surface area contributed by atoms with Gasteiger partial charge in [-0.1, -0.05) is 81.7 Å². The highest BCUT2D eigenvalue weighted by Crippen LogP contribution is 2.10. The van der Waals surface area contributed by atoms with Crippen molar-refractivity contribution in [3.63, 3.8) is 0 Å². The molecule has 0 aromatic rings. The number of carbonyl (C=O) groups excluding carboxylic acids is 2. The average molecular weight is 621 g/mol. The minimum Gasteiger partial charge on any atom is -0.477 e. The topological polar surface area (TPSA) is 99.1 Å². The lowest BCUT2D eigenvalue weighted by molar-refractivity contribution is -0.887. The van der Waals surface area contributed by atoms with Gasteiger partial charge < -0.3 is 23.8 Å². The van der Waals surface area contributed by atoms with E-state index in [4.69, 9.17) is 14.2 Å². The van der Waals surface area contributed by atoms with Crippen LogP contribution in [0.25, 0.3) is 0 Å². The summed E-state index contributed by atoms with van der Waals surface area (Å²) in [6.45, 7) is 4.45. The summed E-state index contributed by atoms with van der Waals surface area (Å²) in [7, 11) is 5.47. The number of aliphatic carboxylic acids is 1. The molecule has 0 rings (SSSR count). The van der Waals surface area contributed by atoms with Crippen molar-refractivity contribution < 1.29 is 38.2 Å². The van der Waals surface area contributed by atoms with Crippen LogP contribution in [0.2, 0.25) is 0 Å². The monoisotopic (exact) mass is 620 g/mol. The van der Waals surface area contributed by atoms with Crippen LogP contribution in [0.1, 0.15) is 110 Å². The molecule has 0 bridgehead atoms. The van der Waals surface area contributed by atoms with Gasteiger partial charge in [0.25, 0.3) is 0 Å². The van der Waals surface area contributed by atoms with Crippen molar-refractivity contribution in [2.24, 2.45) is 0 Å². The number of unbranched alkanes of at least 4 members (excludes halogenated alkanes) is 6. The Kier molecular flexibility index (Phi) is 26.1. The summed E-state index contributed by atoms with van der Waals surface area (Å²) in [6, 6.07) is -0.623. The number of hydrogen-bond donors (Lipinski definition) is 1. The first-order valence-corrected chi connectivity index (χ1v) is 16.7. The molecule has 44 heavy (non-hydrogen) atoms. The molecule has 2 atom stereocenters. The van der Waals surface area contributed by atoms with Crippen molar-refractivity contribution in [2.75, 3.05) is 41.0 Å². The van der Waals surface area contributed by atoms with E-state index in [1.54, 1.807) is 0 Å². The van der Waals surface area contributed by atoms with E-state index in [1.165, 1.54) is 19.3 Å². The van der Waals surface area contributed by atoms with E-state index >= 15 is 0 Å². The maximum Gasteiger partial charge on any atom is 0.362 e. The van der Waals surface area contributed by atoms with Gasteiger partial charge in [0.2, 0.25) is 0 Å². The lowest BCUT2D eigenvalue weighted by Crippen LogP contribution is -2.50. The number of carboxylic acid groups (broad SMARTS) is 1. The molecule has 8 heteroatoms. The second-order valence-electron chi connectivity index (χ2n) is 12.0. The third-order valence-corrected chi connectivity index (χ3v) is 6.98. The van der Waals surface area contributed by atoms with E-state index in [-0.39, 0.29) is 42.7 Å². The molecule has 0 fully saturated rings. The van der Waals surface area contributed by atoms with E-state index in [0.29, 0.717) is 25.7 Å². The van der Waals surface area contributed by atoms with Crippen LogP contribution >= 0.6 is 0 Å². The molecular weight excluding hydrogens is 558 g/mol. The number of likely N-dealkylation sites (N-methyl/N-ethyl adjacent to an activating group) is 1.